The van der Waals surface area contributed by atoms with Crippen LogP contribution in [0, 0.1) is 11.7 Å². The second-order valence-electron chi connectivity index (χ2n) is 12.1. The Balaban J connectivity index is 1.74. The molecule has 0 bridgehead atoms. The Morgan fingerprint density at radius 1 is 1.19 bits per heavy atom. The molecule has 2 aliphatic heterocycles. The number of alkyl halides is 2. The standard InChI is InChI=1S/C32H44F3N5O2S/c1-7-15-31(19-22(9-3)14-17-32(34,35)16-8-2)30(4,39-29(36)40(5)21-43(31)40)25-18-23(10-12-26(25)33)38-28(41)27-13-11-24(42-6)20-37-27/h10-13,18,20-22H,7-9,14-17,19H2,1-6H3,(H2-,36,38,39,41)/p+1. The van der Waals surface area contributed by atoms with Crippen molar-refractivity contribution in [2.24, 2.45) is 16.6 Å². The van der Waals surface area contributed by atoms with Gasteiger partial charge >= 0.3 is 5.96 Å². The van der Waals surface area contributed by atoms with Crippen LogP contribution in [0.3, 0.4) is 0 Å². The number of guanidine groups is 1. The minimum absolute atomic E-state index is 0.00479. The molecule has 0 spiro atoms. The van der Waals surface area contributed by atoms with Crippen molar-refractivity contribution in [1.29, 1.82) is 0 Å². The highest BCUT2D eigenvalue weighted by atomic mass is 32.2. The monoisotopic (exact) mass is 620 g/mol. The first-order valence-corrected chi connectivity index (χ1v) is 16.3. The van der Waals surface area contributed by atoms with E-state index in [-0.39, 0.29) is 24.5 Å². The molecule has 5 atom stereocenters. The van der Waals surface area contributed by atoms with Crippen LogP contribution in [0.5, 0.6) is 5.75 Å². The van der Waals surface area contributed by atoms with Crippen LogP contribution in [0.25, 0.3) is 0 Å². The number of hydrogen-bond donors (Lipinski definition) is 2. The molecular weight excluding hydrogens is 575 g/mol. The zero-order valence-corrected chi connectivity index (χ0v) is 26.9. The van der Waals surface area contributed by atoms with Crippen LogP contribution in [0.1, 0.15) is 95.1 Å². The van der Waals surface area contributed by atoms with Gasteiger partial charge in [0.2, 0.25) is 5.92 Å². The summed E-state index contributed by atoms with van der Waals surface area (Å²) < 4.78 is 50.0. The number of rotatable bonds is 14. The summed E-state index contributed by atoms with van der Waals surface area (Å²) in [7, 11) is 3.13. The Morgan fingerprint density at radius 3 is 2.53 bits per heavy atom. The van der Waals surface area contributed by atoms with E-state index in [0.29, 0.717) is 46.1 Å². The third-order valence-electron chi connectivity index (χ3n) is 9.08. The number of aromatic nitrogens is 1. The van der Waals surface area contributed by atoms with Gasteiger partial charge in [0.15, 0.2) is 5.49 Å². The van der Waals surface area contributed by atoms with E-state index in [4.69, 9.17) is 15.5 Å². The number of amides is 1. The highest BCUT2D eigenvalue weighted by molar-refractivity contribution is 8.17. The summed E-state index contributed by atoms with van der Waals surface area (Å²) in [5.41, 5.74) is 8.54. The average molecular weight is 621 g/mol. The van der Waals surface area contributed by atoms with Gasteiger partial charge in [0, 0.05) is 24.1 Å². The van der Waals surface area contributed by atoms with E-state index in [2.05, 4.69) is 22.7 Å². The quantitative estimate of drug-likeness (QED) is 0.168. The molecule has 0 aliphatic carbocycles. The number of fused-ring (bicyclic) bond motifs is 1. The summed E-state index contributed by atoms with van der Waals surface area (Å²) in [6.07, 6.45) is 4.88. The molecule has 1 aromatic carbocycles. The van der Waals surface area contributed by atoms with E-state index in [0.717, 1.165) is 19.3 Å². The van der Waals surface area contributed by atoms with Crippen LogP contribution < -0.4 is 15.8 Å². The fourth-order valence-corrected chi connectivity index (χ4v) is 9.63. The normalized spacial score (nSPS) is 27.0. The Morgan fingerprint density at radius 2 is 1.93 bits per heavy atom. The second-order valence-corrected chi connectivity index (χ2v) is 14.4. The molecule has 3 N–H and O–H groups in total. The summed E-state index contributed by atoms with van der Waals surface area (Å²) in [4.78, 5) is 22.2. The van der Waals surface area contributed by atoms with Crippen molar-refractivity contribution in [3.63, 3.8) is 0 Å². The number of aliphatic imine (C=N–C) groups is 1. The van der Waals surface area contributed by atoms with Gasteiger partial charge in [-0.25, -0.2) is 23.1 Å². The van der Waals surface area contributed by atoms with E-state index in [1.165, 1.54) is 25.4 Å². The summed E-state index contributed by atoms with van der Waals surface area (Å²) in [6.45, 7) is 7.83. The number of nitrogens with one attached hydrogen (secondary N) is 1. The molecule has 0 saturated carbocycles. The highest BCUT2D eigenvalue weighted by Crippen LogP contribution is 2.66. The van der Waals surface area contributed by atoms with Gasteiger partial charge in [-0.2, -0.15) is 3.89 Å². The molecule has 2 aromatic rings. The van der Waals surface area contributed by atoms with E-state index in [1.54, 1.807) is 25.1 Å². The lowest BCUT2D eigenvalue weighted by Gasteiger charge is -2.49. The number of ether oxygens (including phenoxy) is 1. The molecule has 3 heterocycles. The third kappa shape index (κ3) is 6.34. The Labute approximate surface area is 255 Å². The number of anilines is 1. The zero-order valence-electron chi connectivity index (χ0n) is 26.1. The van der Waals surface area contributed by atoms with E-state index >= 15 is 4.39 Å². The first-order chi connectivity index (χ1) is 20.3. The first kappa shape index (κ1) is 33.0. The number of halogens is 3. The van der Waals surface area contributed by atoms with Gasteiger partial charge in [-0.15, -0.1) is 0 Å². The third-order valence-corrected chi connectivity index (χ3v) is 12.2. The molecule has 1 aromatic heterocycles. The number of pyridine rings is 1. The molecule has 5 unspecified atom stereocenters. The molecule has 43 heavy (non-hydrogen) atoms. The molecule has 7 nitrogen and oxygen atoms in total. The van der Waals surface area contributed by atoms with E-state index in [1.807, 2.05) is 20.9 Å². The van der Waals surface area contributed by atoms with Crippen molar-refractivity contribution in [3.05, 3.63) is 53.6 Å². The van der Waals surface area contributed by atoms with Crippen molar-refractivity contribution in [2.45, 2.75) is 95.3 Å². The number of methoxy groups -OCH3 is 1. The topological polar surface area (TPSA) is 89.6 Å². The smallest absolute Gasteiger partial charge is 0.312 e. The van der Waals surface area contributed by atoms with Gasteiger partial charge in [0.25, 0.3) is 5.91 Å². The zero-order chi connectivity index (χ0) is 31.6. The summed E-state index contributed by atoms with van der Waals surface area (Å²) in [5.74, 6) is -2.67. The predicted molar refractivity (Wildman–Crippen MR) is 169 cm³/mol. The SMILES string of the molecule is CCCC(F)(F)CCC(CC)CC1(CCC)S2=C[N+]2(C)C(N)=NC1(C)c1cc(NC(=O)c2ccc(OC)cn2)ccc1F. The van der Waals surface area contributed by atoms with Crippen molar-refractivity contribution in [3.8, 4) is 5.75 Å². The fourth-order valence-electron chi connectivity index (χ4n) is 6.50. The minimum Gasteiger partial charge on any atom is -0.495 e. The molecule has 1 amide bonds. The number of benzene rings is 1. The number of quaternary nitrogens is 1. The summed E-state index contributed by atoms with van der Waals surface area (Å²) >= 11 is 0. The Bertz CT molecular complexity index is 1400. The fraction of sp³-hybridized carbons (Fsp3) is 0.562. The second kappa shape index (κ2) is 12.6. The number of hydrogen-bond acceptors (Lipinski definition) is 5. The molecule has 0 saturated heterocycles. The maximum atomic E-state index is 15.9. The van der Waals surface area contributed by atoms with Crippen molar-refractivity contribution >= 4 is 33.7 Å². The van der Waals surface area contributed by atoms with Crippen molar-refractivity contribution < 1.29 is 26.6 Å². The molecule has 11 heteroatoms. The maximum Gasteiger partial charge on any atom is 0.312 e. The van der Waals surface area contributed by atoms with Crippen LogP contribution >= 0.6 is 10.7 Å². The van der Waals surface area contributed by atoms with E-state index in [9.17, 15) is 13.6 Å². The summed E-state index contributed by atoms with van der Waals surface area (Å²) in [5, 5.41) is 2.84. The molecular formula is C32H45F3N5O2S+. The molecule has 4 rings (SSSR count). The predicted octanol–water partition coefficient (Wildman–Crippen LogP) is 7.60. The van der Waals surface area contributed by atoms with Crippen LogP contribution in [0.4, 0.5) is 18.9 Å². The lowest BCUT2D eigenvalue weighted by molar-refractivity contribution is -0.529. The van der Waals surface area contributed by atoms with Crippen LogP contribution in [0.15, 0.2) is 41.5 Å². The van der Waals surface area contributed by atoms with Gasteiger partial charge < -0.3 is 15.8 Å². The van der Waals surface area contributed by atoms with Gasteiger partial charge in [0.05, 0.1) is 35.8 Å². The van der Waals surface area contributed by atoms with Crippen LogP contribution in [0.2, 0.25) is 0 Å². The number of nitrogens with two attached hydrogens (primary N) is 1. The van der Waals surface area contributed by atoms with Crippen LogP contribution in [-0.2, 0) is 5.54 Å². The molecule has 0 fully saturated rings. The number of carbonyl (C=O) groups excluding carboxylic acids is 1. The van der Waals surface area contributed by atoms with Crippen molar-refractivity contribution in [1.82, 2.24) is 4.98 Å². The molecule has 2 aliphatic rings. The van der Waals surface area contributed by atoms with Gasteiger partial charge in [-0.1, -0.05) is 40.0 Å². The maximum absolute atomic E-state index is 15.9. The molecule has 236 valence electrons. The first-order valence-electron chi connectivity index (χ1n) is 15.1. The van der Waals surface area contributed by atoms with Gasteiger partial charge in [-0.05, 0) is 62.4 Å². The van der Waals surface area contributed by atoms with Crippen LogP contribution in [-0.4, -0.2) is 51.1 Å². The lowest BCUT2D eigenvalue weighted by atomic mass is 9.71. The average Bonchev–Trinajstić information content (AvgIpc) is 3.69. The Hall–Kier alpha value is -2.92. The Kier molecular flexibility index (Phi) is 9.66. The summed E-state index contributed by atoms with van der Waals surface area (Å²) in [6, 6.07) is 7.68. The number of nitrogens with zero attached hydrogens (tertiary/aromatic N) is 3. The van der Waals surface area contributed by atoms with Gasteiger partial charge in [0.1, 0.15) is 22.8 Å². The minimum atomic E-state index is -2.70. The highest BCUT2D eigenvalue weighted by Gasteiger charge is 2.69. The molecule has 0 radical (unpaired) electrons. The number of carbonyl (C=O) groups is 1. The van der Waals surface area contributed by atoms with E-state index < -0.39 is 38.6 Å². The van der Waals surface area contributed by atoms with Gasteiger partial charge in [-0.3, -0.25) is 4.79 Å². The largest absolute Gasteiger partial charge is 0.495 e. The van der Waals surface area contributed by atoms with Crippen molar-refractivity contribution in [2.75, 3.05) is 19.5 Å². The lowest BCUT2D eigenvalue weighted by Crippen LogP contribution is -2.56.